The molecule has 18 heavy (non-hydrogen) atoms. The van der Waals surface area contributed by atoms with Gasteiger partial charge in [-0.2, -0.15) is 13.2 Å². The Morgan fingerprint density at radius 2 is 2.11 bits per heavy atom. The van der Waals surface area contributed by atoms with E-state index in [2.05, 4.69) is 4.74 Å². The molecule has 0 bridgehead atoms. The summed E-state index contributed by atoms with van der Waals surface area (Å²) in [6.07, 6.45) is -5.51. The van der Waals surface area contributed by atoms with Gasteiger partial charge in [0, 0.05) is 12.5 Å². The fourth-order valence-corrected chi connectivity index (χ4v) is 1.97. The summed E-state index contributed by atoms with van der Waals surface area (Å²) >= 11 is 0. The first-order chi connectivity index (χ1) is 8.39. The molecule has 1 heterocycles. The summed E-state index contributed by atoms with van der Waals surface area (Å²) in [6, 6.07) is -0.734. The van der Waals surface area contributed by atoms with Crippen molar-refractivity contribution in [3.05, 3.63) is 0 Å². The Hall–Kier alpha value is -0.820. The summed E-state index contributed by atoms with van der Waals surface area (Å²) < 4.78 is 47.9. The SMILES string of the molecule is CN1CCOC[C@H]1C(=O)O[C@H](C1CC1)C(F)(F)F. The van der Waals surface area contributed by atoms with E-state index in [-0.39, 0.29) is 6.61 Å². The lowest BCUT2D eigenvalue weighted by Crippen LogP contribution is -2.50. The topological polar surface area (TPSA) is 38.8 Å². The van der Waals surface area contributed by atoms with E-state index < -0.39 is 30.2 Å². The van der Waals surface area contributed by atoms with E-state index in [1.54, 1.807) is 11.9 Å². The van der Waals surface area contributed by atoms with E-state index in [1.807, 2.05) is 0 Å². The third-order valence-corrected chi connectivity index (χ3v) is 3.28. The van der Waals surface area contributed by atoms with Crippen molar-refractivity contribution in [2.75, 3.05) is 26.8 Å². The molecule has 4 nitrogen and oxygen atoms in total. The Balaban J connectivity index is 1.96. The predicted octanol–water partition coefficient (Wildman–Crippen LogP) is 1.20. The van der Waals surface area contributed by atoms with Crippen LogP contribution in [0.25, 0.3) is 0 Å². The molecule has 2 atom stereocenters. The van der Waals surface area contributed by atoms with Gasteiger partial charge in [-0.3, -0.25) is 9.69 Å². The number of carbonyl (C=O) groups is 1. The minimum atomic E-state index is -4.48. The number of hydrogen-bond donors (Lipinski definition) is 0. The van der Waals surface area contributed by atoms with E-state index in [0.29, 0.717) is 26.0 Å². The molecular weight excluding hydrogens is 251 g/mol. The maximum absolute atomic E-state index is 12.7. The van der Waals surface area contributed by atoms with Gasteiger partial charge in [-0.15, -0.1) is 0 Å². The van der Waals surface area contributed by atoms with Crippen molar-refractivity contribution in [2.24, 2.45) is 5.92 Å². The number of esters is 1. The van der Waals surface area contributed by atoms with Crippen molar-refractivity contribution in [1.82, 2.24) is 4.90 Å². The molecular formula is C11H16F3NO3. The van der Waals surface area contributed by atoms with Gasteiger partial charge in [-0.25, -0.2) is 0 Å². The third-order valence-electron chi connectivity index (χ3n) is 3.28. The summed E-state index contributed by atoms with van der Waals surface area (Å²) in [6.45, 7) is 1.08. The van der Waals surface area contributed by atoms with Crippen LogP contribution in [-0.4, -0.2) is 56.0 Å². The molecule has 0 aromatic heterocycles. The molecule has 0 spiro atoms. The van der Waals surface area contributed by atoms with Crippen LogP contribution in [0.3, 0.4) is 0 Å². The van der Waals surface area contributed by atoms with Crippen molar-refractivity contribution < 1.29 is 27.4 Å². The quantitative estimate of drug-likeness (QED) is 0.720. The Morgan fingerprint density at radius 1 is 1.44 bits per heavy atom. The number of carbonyl (C=O) groups excluding carboxylic acids is 1. The van der Waals surface area contributed by atoms with Crippen LogP contribution in [0.2, 0.25) is 0 Å². The molecule has 2 aliphatic rings. The van der Waals surface area contributed by atoms with Gasteiger partial charge in [0.15, 0.2) is 6.10 Å². The molecule has 0 unspecified atom stereocenters. The van der Waals surface area contributed by atoms with Gasteiger partial charge in [-0.1, -0.05) is 0 Å². The minimum Gasteiger partial charge on any atom is -0.451 e. The van der Waals surface area contributed by atoms with Gasteiger partial charge in [0.25, 0.3) is 0 Å². The number of morpholine rings is 1. The van der Waals surface area contributed by atoms with E-state index in [4.69, 9.17) is 4.74 Å². The molecule has 0 radical (unpaired) electrons. The lowest BCUT2D eigenvalue weighted by molar-refractivity contribution is -0.230. The zero-order valence-electron chi connectivity index (χ0n) is 10.1. The van der Waals surface area contributed by atoms with Crippen LogP contribution in [0.5, 0.6) is 0 Å². The first kappa shape index (κ1) is 13.6. The maximum Gasteiger partial charge on any atom is 0.425 e. The molecule has 0 amide bonds. The first-order valence-electron chi connectivity index (χ1n) is 5.95. The minimum absolute atomic E-state index is 0.0879. The Kier molecular flexibility index (Phi) is 3.82. The van der Waals surface area contributed by atoms with Crippen molar-refractivity contribution in [2.45, 2.75) is 31.2 Å². The number of likely N-dealkylation sites (N-methyl/N-ethyl adjacent to an activating group) is 1. The van der Waals surface area contributed by atoms with Gasteiger partial charge in [0.1, 0.15) is 6.04 Å². The van der Waals surface area contributed by atoms with Gasteiger partial charge < -0.3 is 9.47 Å². The molecule has 1 aliphatic carbocycles. The molecule has 1 saturated heterocycles. The zero-order chi connectivity index (χ0) is 13.3. The average molecular weight is 267 g/mol. The van der Waals surface area contributed by atoms with Crippen molar-refractivity contribution in [1.29, 1.82) is 0 Å². The molecule has 0 aromatic rings. The largest absolute Gasteiger partial charge is 0.451 e. The highest BCUT2D eigenvalue weighted by molar-refractivity contribution is 5.76. The van der Waals surface area contributed by atoms with Crippen molar-refractivity contribution >= 4 is 5.97 Å². The second-order valence-corrected chi connectivity index (χ2v) is 4.81. The Bertz CT molecular complexity index is 317. The standard InChI is InChI=1S/C11H16F3NO3/c1-15-4-5-17-6-8(15)10(16)18-9(7-2-3-7)11(12,13)14/h7-9H,2-6H2,1H3/t8-,9+/m0/s1. The smallest absolute Gasteiger partial charge is 0.425 e. The molecule has 0 N–H and O–H groups in total. The highest BCUT2D eigenvalue weighted by atomic mass is 19.4. The zero-order valence-corrected chi connectivity index (χ0v) is 10.1. The number of alkyl halides is 3. The molecule has 104 valence electrons. The number of nitrogens with zero attached hydrogens (tertiary/aromatic N) is 1. The van der Waals surface area contributed by atoms with Gasteiger partial charge in [0.05, 0.1) is 13.2 Å². The first-order valence-corrected chi connectivity index (χ1v) is 5.95. The Labute approximate surface area is 103 Å². The fourth-order valence-electron chi connectivity index (χ4n) is 1.97. The highest BCUT2D eigenvalue weighted by Crippen LogP contribution is 2.42. The predicted molar refractivity (Wildman–Crippen MR) is 55.9 cm³/mol. The Morgan fingerprint density at radius 3 is 2.61 bits per heavy atom. The second-order valence-electron chi connectivity index (χ2n) is 4.81. The molecule has 0 aromatic carbocycles. The summed E-state index contributed by atoms with van der Waals surface area (Å²) in [5.41, 5.74) is 0. The maximum atomic E-state index is 12.7. The molecule has 2 fully saturated rings. The normalized spacial score (nSPS) is 27.9. The molecule has 7 heteroatoms. The summed E-state index contributed by atoms with van der Waals surface area (Å²) in [7, 11) is 1.67. The van der Waals surface area contributed by atoms with E-state index >= 15 is 0 Å². The summed E-state index contributed by atoms with van der Waals surface area (Å²) in [4.78, 5) is 13.4. The summed E-state index contributed by atoms with van der Waals surface area (Å²) in [5, 5.41) is 0. The van der Waals surface area contributed by atoms with Gasteiger partial charge >= 0.3 is 12.1 Å². The van der Waals surface area contributed by atoms with Crippen LogP contribution in [0, 0.1) is 5.92 Å². The van der Waals surface area contributed by atoms with E-state index in [0.717, 1.165) is 0 Å². The van der Waals surface area contributed by atoms with Crippen LogP contribution in [0.4, 0.5) is 13.2 Å². The molecule has 2 rings (SSSR count). The van der Waals surface area contributed by atoms with Crippen LogP contribution in [0.15, 0.2) is 0 Å². The van der Waals surface area contributed by atoms with Gasteiger partial charge in [-0.05, 0) is 19.9 Å². The number of halogens is 3. The van der Waals surface area contributed by atoms with Crippen LogP contribution < -0.4 is 0 Å². The second kappa shape index (κ2) is 5.05. The number of hydrogen-bond acceptors (Lipinski definition) is 4. The van der Waals surface area contributed by atoms with Crippen LogP contribution in [0.1, 0.15) is 12.8 Å². The van der Waals surface area contributed by atoms with Crippen molar-refractivity contribution in [3.63, 3.8) is 0 Å². The summed E-state index contributed by atoms with van der Waals surface area (Å²) in [5.74, 6) is -1.41. The lowest BCUT2D eigenvalue weighted by Gasteiger charge is -2.32. The van der Waals surface area contributed by atoms with Crippen molar-refractivity contribution in [3.8, 4) is 0 Å². The average Bonchev–Trinajstić information content (AvgIpc) is 3.08. The van der Waals surface area contributed by atoms with Crippen LogP contribution >= 0.6 is 0 Å². The van der Waals surface area contributed by atoms with Gasteiger partial charge in [0.2, 0.25) is 0 Å². The molecule has 1 saturated carbocycles. The number of rotatable bonds is 3. The monoisotopic (exact) mass is 267 g/mol. The highest BCUT2D eigenvalue weighted by Gasteiger charge is 2.52. The van der Waals surface area contributed by atoms with Crippen LogP contribution in [-0.2, 0) is 14.3 Å². The number of ether oxygens (including phenoxy) is 2. The lowest BCUT2D eigenvalue weighted by atomic mass is 10.2. The molecule has 1 aliphatic heterocycles. The van der Waals surface area contributed by atoms with E-state index in [9.17, 15) is 18.0 Å². The fraction of sp³-hybridized carbons (Fsp3) is 0.909. The third kappa shape index (κ3) is 3.14. The van der Waals surface area contributed by atoms with E-state index in [1.165, 1.54) is 0 Å².